The molecule has 15 heavy (non-hydrogen) atoms. The Labute approximate surface area is 83.4 Å². The second-order valence-electron chi connectivity index (χ2n) is 2.99. The van der Waals surface area contributed by atoms with Gasteiger partial charge in [-0.25, -0.2) is 17.2 Å². The van der Waals surface area contributed by atoms with Gasteiger partial charge in [-0.05, 0) is 0 Å². The smallest absolute Gasteiger partial charge is 0.315 e. The number of fused-ring (bicyclic) bond motifs is 1. The molecule has 7 heteroatoms. The molecule has 0 radical (unpaired) electrons. The lowest BCUT2D eigenvalue weighted by atomic mass is 10.3. The number of aromatic nitrogens is 1. The molecule has 0 aliphatic carbocycles. The standard InChI is InChI=1S/C8H5F2NO3S/c1-15(12,13)8-11-6-2-4(9)5(10)3-7(6)14-8/h2-3H,1H3. The van der Waals surface area contributed by atoms with Crippen molar-refractivity contribution >= 4 is 20.9 Å². The van der Waals surface area contributed by atoms with Gasteiger partial charge in [-0.1, -0.05) is 0 Å². The molecule has 0 aliphatic rings. The van der Waals surface area contributed by atoms with Gasteiger partial charge in [-0.3, -0.25) is 0 Å². The molecular formula is C8H5F2NO3S. The molecule has 0 N–H and O–H groups in total. The van der Waals surface area contributed by atoms with Crippen molar-refractivity contribution in [3.8, 4) is 0 Å². The molecule has 0 spiro atoms. The van der Waals surface area contributed by atoms with Crippen molar-refractivity contribution in [2.45, 2.75) is 5.22 Å². The number of halogens is 2. The number of hydrogen-bond donors (Lipinski definition) is 0. The Hall–Kier alpha value is -1.50. The van der Waals surface area contributed by atoms with Crippen molar-refractivity contribution in [1.29, 1.82) is 0 Å². The molecule has 2 rings (SSSR count). The molecule has 80 valence electrons. The lowest BCUT2D eigenvalue weighted by Crippen LogP contribution is -1.96. The summed E-state index contributed by atoms with van der Waals surface area (Å²) in [7, 11) is -3.61. The zero-order valence-electron chi connectivity index (χ0n) is 7.49. The highest BCUT2D eigenvalue weighted by molar-refractivity contribution is 7.90. The average molecular weight is 233 g/mol. The van der Waals surface area contributed by atoms with E-state index in [-0.39, 0.29) is 11.1 Å². The molecule has 2 aromatic rings. The fraction of sp³-hybridized carbons (Fsp3) is 0.125. The Bertz CT molecular complexity index is 594. The topological polar surface area (TPSA) is 60.2 Å². The van der Waals surface area contributed by atoms with E-state index >= 15 is 0 Å². The first-order chi connectivity index (χ1) is 6.88. The van der Waals surface area contributed by atoms with Gasteiger partial charge in [0.05, 0.1) is 0 Å². The number of rotatable bonds is 1. The van der Waals surface area contributed by atoms with Crippen LogP contribution in [0, 0.1) is 11.6 Å². The first-order valence-electron chi connectivity index (χ1n) is 3.83. The molecule has 0 saturated heterocycles. The molecule has 0 atom stereocenters. The van der Waals surface area contributed by atoms with Crippen LogP contribution in [0.5, 0.6) is 0 Å². The van der Waals surface area contributed by atoms with E-state index in [1.807, 2.05) is 0 Å². The Balaban J connectivity index is 2.77. The van der Waals surface area contributed by atoms with Gasteiger partial charge in [-0.15, -0.1) is 0 Å². The molecule has 0 amide bonds. The fourth-order valence-electron chi connectivity index (χ4n) is 1.06. The van der Waals surface area contributed by atoms with Crippen molar-refractivity contribution in [3.63, 3.8) is 0 Å². The third-order valence-electron chi connectivity index (χ3n) is 1.73. The maximum Gasteiger partial charge on any atom is 0.315 e. The van der Waals surface area contributed by atoms with Gasteiger partial charge in [0.25, 0.3) is 0 Å². The summed E-state index contributed by atoms with van der Waals surface area (Å²) in [5.74, 6) is -2.21. The molecular weight excluding hydrogens is 228 g/mol. The SMILES string of the molecule is CS(=O)(=O)c1nc2cc(F)c(F)cc2o1. The van der Waals surface area contributed by atoms with Crippen LogP contribution in [-0.4, -0.2) is 19.7 Å². The van der Waals surface area contributed by atoms with Crippen LogP contribution in [0.15, 0.2) is 21.8 Å². The minimum absolute atomic E-state index is 0.0330. The predicted molar refractivity (Wildman–Crippen MR) is 47.0 cm³/mol. The van der Waals surface area contributed by atoms with E-state index in [9.17, 15) is 17.2 Å². The van der Waals surface area contributed by atoms with Crippen LogP contribution in [0.3, 0.4) is 0 Å². The first kappa shape index (κ1) is 10.0. The zero-order valence-corrected chi connectivity index (χ0v) is 8.31. The van der Waals surface area contributed by atoms with E-state index in [4.69, 9.17) is 4.42 Å². The van der Waals surface area contributed by atoms with Gasteiger partial charge in [0.2, 0.25) is 9.84 Å². The summed E-state index contributed by atoms with van der Waals surface area (Å²) < 4.78 is 52.3. The normalized spacial score (nSPS) is 12.2. The summed E-state index contributed by atoms with van der Waals surface area (Å²) in [5.41, 5.74) is -0.136. The Morgan fingerprint density at radius 1 is 1.27 bits per heavy atom. The Morgan fingerprint density at radius 2 is 1.87 bits per heavy atom. The minimum Gasteiger partial charge on any atom is -0.428 e. The van der Waals surface area contributed by atoms with Gasteiger partial charge in [0, 0.05) is 18.4 Å². The number of hydrogen-bond acceptors (Lipinski definition) is 4. The molecule has 1 aromatic heterocycles. The molecule has 0 fully saturated rings. The van der Waals surface area contributed by atoms with Gasteiger partial charge in [0.15, 0.2) is 17.2 Å². The van der Waals surface area contributed by atoms with Crippen LogP contribution >= 0.6 is 0 Å². The van der Waals surface area contributed by atoms with Crippen LogP contribution < -0.4 is 0 Å². The highest BCUT2D eigenvalue weighted by atomic mass is 32.2. The minimum atomic E-state index is -3.61. The molecule has 0 saturated carbocycles. The van der Waals surface area contributed by atoms with E-state index in [0.717, 1.165) is 18.4 Å². The highest BCUT2D eigenvalue weighted by Gasteiger charge is 2.17. The van der Waals surface area contributed by atoms with Crippen molar-refractivity contribution in [2.75, 3.05) is 6.26 Å². The van der Waals surface area contributed by atoms with E-state index in [0.29, 0.717) is 0 Å². The van der Waals surface area contributed by atoms with Crippen LogP contribution in [0.4, 0.5) is 8.78 Å². The van der Waals surface area contributed by atoms with Gasteiger partial charge in [0.1, 0.15) is 5.52 Å². The summed E-state index contributed by atoms with van der Waals surface area (Å²) in [4.78, 5) is 3.52. The molecule has 1 heterocycles. The lowest BCUT2D eigenvalue weighted by molar-refractivity contribution is 0.457. The quantitative estimate of drug-likeness (QED) is 0.749. The van der Waals surface area contributed by atoms with Crippen molar-refractivity contribution in [3.05, 3.63) is 23.8 Å². The maximum atomic E-state index is 12.7. The summed E-state index contributed by atoms with van der Waals surface area (Å²) in [6, 6.07) is 1.54. The molecule has 0 aliphatic heterocycles. The number of benzene rings is 1. The Morgan fingerprint density at radius 3 is 2.47 bits per heavy atom. The number of sulfone groups is 1. The lowest BCUT2D eigenvalue weighted by Gasteiger charge is -1.89. The monoisotopic (exact) mass is 233 g/mol. The van der Waals surface area contributed by atoms with E-state index in [1.54, 1.807) is 0 Å². The van der Waals surface area contributed by atoms with E-state index < -0.39 is 26.7 Å². The summed E-state index contributed by atoms with van der Waals surface area (Å²) in [6.07, 6.45) is 0.893. The van der Waals surface area contributed by atoms with E-state index in [2.05, 4.69) is 4.98 Å². The number of oxazole rings is 1. The first-order valence-corrected chi connectivity index (χ1v) is 5.73. The van der Waals surface area contributed by atoms with Crippen LogP contribution in [0.2, 0.25) is 0 Å². The van der Waals surface area contributed by atoms with Gasteiger partial charge >= 0.3 is 5.22 Å². The highest BCUT2D eigenvalue weighted by Crippen LogP contribution is 2.21. The van der Waals surface area contributed by atoms with Crippen LogP contribution in [0.1, 0.15) is 0 Å². The second-order valence-corrected chi connectivity index (χ2v) is 4.88. The van der Waals surface area contributed by atoms with Crippen LogP contribution in [-0.2, 0) is 9.84 Å². The third-order valence-corrected chi connectivity index (χ3v) is 2.54. The summed E-state index contributed by atoms with van der Waals surface area (Å²) >= 11 is 0. The third kappa shape index (κ3) is 1.70. The van der Waals surface area contributed by atoms with E-state index in [1.165, 1.54) is 0 Å². The zero-order chi connectivity index (χ0) is 11.2. The summed E-state index contributed by atoms with van der Waals surface area (Å²) in [5, 5.41) is -0.553. The average Bonchev–Trinajstić information content (AvgIpc) is 2.47. The summed E-state index contributed by atoms with van der Waals surface area (Å²) in [6.45, 7) is 0. The number of nitrogens with zero attached hydrogens (tertiary/aromatic N) is 1. The largest absolute Gasteiger partial charge is 0.428 e. The fourth-order valence-corrected chi connectivity index (χ4v) is 1.57. The molecule has 4 nitrogen and oxygen atoms in total. The molecule has 1 aromatic carbocycles. The molecule has 0 bridgehead atoms. The van der Waals surface area contributed by atoms with Crippen molar-refractivity contribution < 1.29 is 21.6 Å². The van der Waals surface area contributed by atoms with Gasteiger partial charge in [-0.2, -0.15) is 4.98 Å². The van der Waals surface area contributed by atoms with Crippen LogP contribution in [0.25, 0.3) is 11.1 Å². The van der Waals surface area contributed by atoms with Crippen molar-refractivity contribution in [2.24, 2.45) is 0 Å². The Kier molecular flexibility index (Phi) is 2.00. The predicted octanol–water partition coefficient (Wildman–Crippen LogP) is 1.51. The second kappa shape index (κ2) is 2.99. The molecule has 0 unspecified atom stereocenters. The van der Waals surface area contributed by atoms with Gasteiger partial charge < -0.3 is 4.42 Å². The maximum absolute atomic E-state index is 12.7. The van der Waals surface area contributed by atoms with Crippen molar-refractivity contribution in [1.82, 2.24) is 4.98 Å².